The molecule has 20 heavy (non-hydrogen) atoms. The molecule has 1 unspecified atom stereocenters. The third-order valence-electron chi connectivity index (χ3n) is 4.98. The van der Waals surface area contributed by atoms with Crippen LogP contribution in [0.15, 0.2) is 18.3 Å². The van der Waals surface area contributed by atoms with Crippen LogP contribution in [0.4, 0.5) is 0 Å². The quantitative estimate of drug-likeness (QED) is 0.917. The lowest BCUT2D eigenvalue weighted by Gasteiger charge is -2.47. The van der Waals surface area contributed by atoms with Gasteiger partial charge in [-0.05, 0) is 30.9 Å². The standard InChI is InChI=1S/C16H26N4/c1-13(2)15-10-17-16(7-3-4-8-16)12-20(15)11-14-6-5-9-18-19-14/h5-6,9,13,15,17H,3-4,7-8,10-12H2,1-2H3. The molecule has 2 aliphatic rings. The van der Waals surface area contributed by atoms with E-state index in [9.17, 15) is 0 Å². The lowest BCUT2D eigenvalue weighted by Crippen LogP contribution is -2.64. The maximum atomic E-state index is 4.27. The third kappa shape index (κ3) is 2.86. The predicted octanol–water partition coefficient (Wildman–Crippen LogP) is 2.22. The number of aromatic nitrogens is 2. The molecule has 0 radical (unpaired) electrons. The summed E-state index contributed by atoms with van der Waals surface area (Å²) in [4.78, 5) is 2.64. The maximum absolute atomic E-state index is 4.27. The van der Waals surface area contributed by atoms with E-state index in [1.165, 1.54) is 25.7 Å². The fourth-order valence-corrected chi connectivity index (χ4v) is 3.86. The van der Waals surface area contributed by atoms with Gasteiger partial charge in [-0.25, -0.2) is 0 Å². The first kappa shape index (κ1) is 14.0. The molecule has 2 heterocycles. The summed E-state index contributed by atoms with van der Waals surface area (Å²) in [5.74, 6) is 0.665. The van der Waals surface area contributed by atoms with Gasteiger partial charge in [-0.2, -0.15) is 10.2 Å². The Morgan fingerprint density at radius 2 is 2.20 bits per heavy atom. The zero-order chi connectivity index (χ0) is 14.0. The smallest absolute Gasteiger partial charge is 0.0771 e. The van der Waals surface area contributed by atoms with Crippen LogP contribution in [0.25, 0.3) is 0 Å². The first-order valence-corrected chi connectivity index (χ1v) is 7.94. The average Bonchev–Trinajstić information content (AvgIpc) is 2.88. The van der Waals surface area contributed by atoms with Crippen molar-refractivity contribution < 1.29 is 0 Å². The minimum atomic E-state index is 0.369. The van der Waals surface area contributed by atoms with Crippen LogP contribution in [-0.2, 0) is 6.54 Å². The molecule has 1 aromatic heterocycles. The average molecular weight is 274 g/mol. The van der Waals surface area contributed by atoms with E-state index in [1.54, 1.807) is 6.20 Å². The number of piperazine rings is 1. The monoisotopic (exact) mass is 274 g/mol. The highest BCUT2D eigenvalue weighted by atomic mass is 15.3. The highest BCUT2D eigenvalue weighted by Crippen LogP contribution is 2.34. The van der Waals surface area contributed by atoms with Crippen molar-refractivity contribution in [1.29, 1.82) is 0 Å². The van der Waals surface area contributed by atoms with E-state index in [4.69, 9.17) is 0 Å². The van der Waals surface area contributed by atoms with Gasteiger partial charge in [-0.15, -0.1) is 0 Å². The zero-order valence-corrected chi connectivity index (χ0v) is 12.7. The van der Waals surface area contributed by atoms with Gasteiger partial charge in [-0.3, -0.25) is 4.90 Å². The normalized spacial score (nSPS) is 26.4. The van der Waals surface area contributed by atoms with E-state index in [1.807, 2.05) is 6.07 Å². The SMILES string of the molecule is CC(C)C1CNC2(CCCC2)CN1Cc1cccnn1. The van der Waals surface area contributed by atoms with Crippen LogP contribution in [-0.4, -0.2) is 39.8 Å². The Morgan fingerprint density at radius 3 is 2.85 bits per heavy atom. The Kier molecular flexibility index (Phi) is 4.03. The first-order valence-electron chi connectivity index (χ1n) is 7.94. The molecule has 4 nitrogen and oxygen atoms in total. The van der Waals surface area contributed by atoms with Crippen LogP contribution in [0.3, 0.4) is 0 Å². The Hall–Kier alpha value is -1.00. The summed E-state index contributed by atoms with van der Waals surface area (Å²) in [6.07, 6.45) is 7.15. The summed E-state index contributed by atoms with van der Waals surface area (Å²) in [7, 11) is 0. The van der Waals surface area contributed by atoms with Crippen molar-refractivity contribution >= 4 is 0 Å². The van der Waals surface area contributed by atoms with Gasteiger partial charge in [0.05, 0.1) is 5.69 Å². The van der Waals surface area contributed by atoms with Gasteiger partial charge < -0.3 is 5.32 Å². The van der Waals surface area contributed by atoms with Crippen LogP contribution >= 0.6 is 0 Å². The number of hydrogen-bond acceptors (Lipinski definition) is 4. The molecule has 1 aliphatic carbocycles. The molecule has 4 heteroatoms. The van der Waals surface area contributed by atoms with Crippen molar-refractivity contribution in [2.24, 2.45) is 5.92 Å². The number of nitrogens with zero attached hydrogens (tertiary/aromatic N) is 3. The lowest BCUT2D eigenvalue weighted by molar-refractivity contribution is 0.0495. The topological polar surface area (TPSA) is 41.0 Å². The maximum Gasteiger partial charge on any atom is 0.0771 e. The molecule has 1 spiro atoms. The Balaban J connectivity index is 1.75. The molecule has 0 bridgehead atoms. The molecule has 1 N–H and O–H groups in total. The second kappa shape index (κ2) is 5.78. The van der Waals surface area contributed by atoms with E-state index in [2.05, 4.69) is 40.3 Å². The van der Waals surface area contributed by atoms with E-state index in [0.29, 0.717) is 17.5 Å². The van der Waals surface area contributed by atoms with Crippen molar-refractivity contribution in [3.05, 3.63) is 24.0 Å². The van der Waals surface area contributed by atoms with Gasteiger partial charge in [0, 0.05) is 37.4 Å². The molecule has 110 valence electrons. The van der Waals surface area contributed by atoms with Gasteiger partial charge >= 0.3 is 0 Å². The molecular formula is C16H26N4. The first-order chi connectivity index (χ1) is 9.69. The summed E-state index contributed by atoms with van der Waals surface area (Å²) < 4.78 is 0. The highest BCUT2D eigenvalue weighted by Gasteiger charge is 2.41. The minimum Gasteiger partial charge on any atom is -0.308 e. The van der Waals surface area contributed by atoms with Crippen LogP contribution in [0.5, 0.6) is 0 Å². The molecule has 1 saturated carbocycles. The van der Waals surface area contributed by atoms with Gasteiger partial charge in [0.2, 0.25) is 0 Å². The highest BCUT2D eigenvalue weighted by molar-refractivity contribution is 5.05. The van der Waals surface area contributed by atoms with Crippen LogP contribution < -0.4 is 5.32 Å². The predicted molar refractivity (Wildman–Crippen MR) is 80.3 cm³/mol. The van der Waals surface area contributed by atoms with Crippen LogP contribution in [0.1, 0.15) is 45.2 Å². The lowest BCUT2D eigenvalue weighted by atomic mass is 9.89. The molecule has 1 saturated heterocycles. The fourth-order valence-electron chi connectivity index (χ4n) is 3.86. The second-order valence-electron chi connectivity index (χ2n) is 6.80. The summed E-state index contributed by atoms with van der Waals surface area (Å²) in [5, 5.41) is 12.2. The minimum absolute atomic E-state index is 0.369. The molecule has 1 aromatic rings. The molecule has 1 aliphatic heterocycles. The molecule has 3 rings (SSSR count). The Labute approximate surface area is 122 Å². The largest absolute Gasteiger partial charge is 0.308 e. The Bertz CT molecular complexity index is 425. The summed E-state index contributed by atoms with van der Waals surface area (Å²) >= 11 is 0. The van der Waals surface area contributed by atoms with Crippen molar-refractivity contribution in [3.63, 3.8) is 0 Å². The van der Waals surface area contributed by atoms with Gasteiger partial charge in [-0.1, -0.05) is 26.7 Å². The zero-order valence-electron chi connectivity index (χ0n) is 12.7. The molecule has 2 fully saturated rings. The third-order valence-corrected chi connectivity index (χ3v) is 4.98. The van der Waals surface area contributed by atoms with Gasteiger partial charge in [0.15, 0.2) is 0 Å². The molecule has 0 amide bonds. The number of hydrogen-bond donors (Lipinski definition) is 1. The summed E-state index contributed by atoms with van der Waals surface area (Å²) in [6, 6.07) is 4.68. The van der Waals surface area contributed by atoms with E-state index in [0.717, 1.165) is 25.3 Å². The number of rotatable bonds is 3. The van der Waals surface area contributed by atoms with Crippen molar-refractivity contribution in [2.45, 2.75) is 57.7 Å². The number of nitrogens with one attached hydrogen (secondary N) is 1. The fraction of sp³-hybridized carbons (Fsp3) is 0.750. The van der Waals surface area contributed by atoms with Crippen LogP contribution in [0, 0.1) is 5.92 Å². The molecule has 1 atom stereocenters. The van der Waals surface area contributed by atoms with Crippen molar-refractivity contribution in [1.82, 2.24) is 20.4 Å². The summed E-state index contributed by atoms with van der Waals surface area (Å²) in [6.45, 7) is 7.84. The van der Waals surface area contributed by atoms with E-state index in [-0.39, 0.29) is 0 Å². The Morgan fingerprint density at radius 1 is 1.40 bits per heavy atom. The molecular weight excluding hydrogens is 248 g/mol. The van der Waals surface area contributed by atoms with Gasteiger partial charge in [0.1, 0.15) is 0 Å². The summed E-state index contributed by atoms with van der Waals surface area (Å²) in [5.41, 5.74) is 1.46. The van der Waals surface area contributed by atoms with Crippen molar-refractivity contribution in [3.8, 4) is 0 Å². The van der Waals surface area contributed by atoms with Gasteiger partial charge in [0.25, 0.3) is 0 Å². The van der Waals surface area contributed by atoms with E-state index < -0.39 is 0 Å². The molecule has 0 aromatic carbocycles. The van der Waals surface area contributed by atoms with Crippen LogP contribution in [0.2, 0.25) is 0 Å². The van der Waals surface area contributed by atoms with E-state index >= 15 is 0 Å². The second-order valence-corrected chi connectivity index (χ2v) is 6.80. The van der Waals surface area contributed by atoms with Crippen molar-refractivity contribution in [2.75, 3.05) is 13.1 Å².